The van der Waals surface area contributed by atoms with Crippen LogP contribution >= 0.6 is 0 Å². The van der Waals surface area contributed by atoms with E-state index in [-0.39, 0.29) is 0 Å². The van der Waals surface area contributed by atoms with E-state index in [1.165, 1.54) is 16.7 Å². The summed E-state index contributed by atoms with van der Waals surface area (Å²) in [5, 5.41) is 0. The highest BCUT2D eigenvalue weighted by molar-refractivity contribution is 5.65. The SMILES string of the molecule is CC(C)=CCC/C(C)=C/C=O.CC(C)=CCC[C@@H](C)CC=O.CC(C)=CCC[C@H](C)CC=O. The molecule has 0 saturated heterocycles. The van der Waals surface area contributed by atoms with E-state index in [1.807, 2.05) is 6.92 Å². The average Bonchev–Trinajstić information content (AvgIpc) is 2.69. The third-order valence-electron chi connectivity index (χ3n) is 4.87. The minimum absolute atomic E-state index is 0.545. The molecule has 0 fully saturated rings. The van der Waals surface area contributed by atoms with Gasteiger partial charge in [0.1, 0.15) is 18.9 Å². The lowest BCUT2D eigenvalue weighted by molar-refractivity contribution is -0.109. The average molecular weight is 461 g/mol. The second-order valence-corrected chi connectivity index (χ2v) is 9.70. The van der Waals surface area contributed by atoms with Crippen molar-refractivity contribution in [1.29, 1.82) is 0 Å². The van der Waals surface area contributed by atoms with Gasteiger partial charge in [-0.25, -0.2) is 0 Å². The third-order valence-corrected chi connectivity index (χ3v) is 4.87. The molecule has 0 aliphatic carbocycles. The van der Waals surface area contributed by atoms with Gasteiger partial charge in [-0.1, -0.05) is 54.4 Å². The molecule has 0 aliphatic rings. The zero-order valence-corrected chi connectivity index (χ0v) is 23.1. The van der Waals surface area contributed by atoms with Crippen LogP contribution in [-0.2, 0) is 14.4 Å². The first-order valence-electron chi connectivity index (χ1n) is 12.4. The van der Waals surface area contributed by atoms with Gasteiger partial charge in [0.25, 0.3) is 0 Å². The Bertz CT molecular complexity index is 574. The molecule has 0 bridgehead atoms. The summed E-state index contributed by atoms with van der Waals surface area (Å²) in [6.45, 7) is 18.8. The molecule has 0 amide bonds. The van der Waals surface area contributed by atoms with Gasteiger partial charge in [0.05, 0.1) is 0 Å². The van der Waals surface area contributed by atoms with Crippen LogP contribution in [0.15, 0.2) is 46.6 Å². The summed E-state index contributed by atoms with van der Waals surface area (Å²) in [5.41, 5.74) is 5.22. The number of carbonyl (C=O) groups excluding carboxylic acids is 3. The largest absolute Gasteiger partial charge is 0.303 e. The fourth-order valence-corrected chi connectivity index (χ4v) is 2.67. The first kappa shape index (κ1) is 35.6. The zero-order valence-electron chi connectivity index (χ0n) is 23.1. The van der Waals surface area contributed by atoms with Crippen molar-refractivity contribution in [2.75, 3.05) is 0 Å². The van der Waals surface area contributed by atoms with Gasteiger partial charge in [0, 0.05) is 12.8 Å². The number of rotatable bonds is 14. The molecule has 0 heterocycles. The van der Waals surface area contributed by atoms with Gasteiger partial charge in [-0.05, 0) is 105 Å². The van der Waals surface area contributed by atoms with Crippen LogP contribution in [0.25, 0.3) is 0 Å². The van der Waals surface area contributed by atoms with E-state index in [0.29, 0.717) is 24.7 Å². The highest BCUT2D eigenvalue weighted by Crippen LogP contribution is 2.10. The van der Waals surface area contributed by atoms with E-state index >= 15 is 0 Å². The van der Waals surface area contributed by atoms with Crippen molar-refractivity contribution in [3.05, 3.63) is 46.6 Å². The van der Waals surface area contributed by atoms with Crippen LogP contribution in [0.1, 0.15) is 114 Å². The molecule has 0 aromatic rings. The summed E-state index contributed by atoms with van der Waals surface area (Å²) >= 11 is 0. The smallest absolute Gasteiger partial charge is 0.142 e. The highest BCUT2D eigenvalue weighted by atomic mass is 16.1. The lowest BCUT2D eigenvalue weighted by Gasteiger charge is -2.03. The maximum atomic E-state index is 10.1. The van der Waals surface area contributed by atoms with Crippen LogP contribution in [0.3, 0.4) is 0 Å². The monoisotopic (exact) mass is 460 g/mol. The van der Waals surface area contributed by atoms with Crippen molar-refractivity contribution < 1.29 is 14.4 Å². The van der Waals surface area contributed by atoms with Crippen molar-refractivity contribution in [2.24, 2.45) is 11.8 Å². The molecule has 33 heavy (non-hydrogen) atoms. The van der Waals surface area contributed by atoms with Crippen LogP contribution in [0.4, 0.5) is 0 Å². The topological polar surface area (TPSA) is 51.2 Å². The second kappa shape index (κ2) is 26.2. The van der Waals surface area contributed by atoms with Gasteiger partial charge < -0.3 is 9.59 Å². The van der Waals surface area contributed by atoms with E-state index in [4.69, 9.17) is 0 Å². The van der Waals surface area contributed by atoms with Gasteiger partial charge in [0.15, 0.2) is 0 Å². The van der Waals surface area contributed by atoms with Crippen LogP contribution < -0.4 is 0 Å². The second-order valence-electron chi connectivity index (χ2n) is 9.70. The maximum Gasteiger partial charge on any atom is 0.142 e. The van der Waals surface area contributed by atoms with E-state index in [1.54, 1.807) is 6.08 Å². The molecular weight excluding hydrogens is 408 g/mol. The summed E-state index contributed by atoms with van der Waals surface area (Å²) in [4.78, 5) is 30.2. The minimum atomic E-state index is 0.545. The van der Waals surface area contributed by atoms with Crippen LogP contribution in [0.2, 0.25) is 0 Å². The minimum Gasteiger partial charge on any atom is -0.303 e. The van der Waals surface area contributed by atoms with Crippen molar-refractivity contribution in [2.45, 2.75) is 114 Å². The zero-order chi connectivity index (χ0) is 26.1. The molecule has 3 nitrogen and oxygen atoms in total. The van der Waals surface area contributed by atoms with Crippen LogP contribution in [0.5, 0.6) is 0 Å². The Kier molecular flexibility index (Phi) is 28.3. The number of hydrogen-bond donors (Lipinski definition) is 0. The Morgan fingerprint density at radius 1 is 0.606 bits per heavy atom. The lowest BCUT2D eigenvalue weighted by Crippen LogP contribution is -1.93. The van der Waals surface area contributed by atoms with Gasteiger partial charge in [0.2, 0.25) is 0 Å². The lowest BCUT2D eigenvalue weighted by atomic mass is 10.0. The van der Waals surface area contributed by atoms with Crippen molar-refractivity contribution >= 4 is 18.9 Å². The molecule has 0 rings (SSSR count). The Labute approximate surface area is 205 Å². The van der Waals surface area contributed by atoms with Gasteiger partial charge in [-0.15, -0.1) is 0 Å². The molecular formula is C30H52O3. The molecule has 0 aromatic carbocycles. The summed E-state index contributed by atoms with van der Waals surface area (Å²) in [7, 11) is 0. The van der Waals surface area contributed by atoms with Crippen molar-refractivity contribution in [3.8, 4) is 0 Å². The van der Waals surface area contributed by atoms with Gasteiger partial charge in [-0.2, -0.15) is 0 Å². The molecule has 0 spiro atoms. The fraction of sp³-hybridized carbons (Fsp3) is 0.633. The van der Waals surface area contributed by atoms with Crippen LogP contribution in [0, 0.1) is 11.8 Å². The number of hydrogen-bond acceptors (Lipinski definition) is 3. The third kappa shape index (κ3) is 37.6. The van der Waals surface area contributed by atoms with E-state index < -0.39 is 0 Å². The number of allylic oxidation sites excluding steroid dienone is 8. The van der Waals surface area contributed by atoms with Crippen molar-refractivity contribution in [3.63, 3.8) is 0 Å². The van der Waals surface area contributed by atoms with Crippen molar-refractivity contribution in [1.82, 2.24) is 0 Å². The van der Waals surface area contributed by atoms with E-state index in [9.17, 15) is 14.4 Å². The maximum absolute atomic E-state index is 10.1. The molecule has 190 valence electrons. The predicted octanol–water partition coefficient (Wildman–Crippen LogP) is 8.79. The number of carbonyl (C=O) groups is 3. The molecule has 0 saturated carbocycles. The normalized spacial score (nSPS) is 11.8. The Morgan fingerprint density at radius 2 is 0.970 bits per heavy atom. The Morgan fingerprint density at radius 3 is 1.27 bits per heavy atom. The Hall–Kier alpha value is -2.03. The molecule has 0 aliphatic heterocycles. The van der Waals surface area contributed by atoms with Crippen LogP contribution in [-0.4, -0.2) is 18.9 Å². The molecule has 0 aromatic heterocycles. The molecule has 3 heteroatoms. The summed E-state index contributed by atoms with van der Waals surface area (Å²) in [6.07, 6.45) is 19.0. The summed E-state index contributed by atoms with van der Waals surface area (Å²) in [5.74, 6) is 1.09. The van der Waals surface area contributed by atoms with Gasteiger partial charge in [-0.3, -0.25) is 4.79 Å². The first-order chi connectivity index (χ1) is 15.5. The molecule has 0 radical (unpaired) electrons. The number of aldehydes is 3. The summed E-state index contributed by atoms with van der Waals surface area (Å²) in [6, 6.07) is 0. The molecule has 2 atom stereocenters. The van der Waals surface area contributed by atoms with E-state index in [0.717, 1.165) is 63.0 Å². The standard InChI is InChI=1S/2C10H18O.C10H16O/c3*1-9(2)5-4-6-10(3)7-8-11/h2*5,8,10H,4,6-7H2,1-3H3;5,7-8H,4,6H2,1-3H3/b;;10-7+/t2*10-;/m10./s1. The Balaban J connectivity index is -0.000000409. The van der Waals surface area contributed by atoms with E-state index in [2.05, 4.69) is 73.6 Å². The summed E-state index contributed by atoms with van der Waals surface area (Å²) < 4.78 is 0. The highest BCUT2D eigenvalue weighted by Gasteiger charge is 1.98. The molecule has 0 unspecified atom stereocenters. The van der Waals surface area contributed by atoms with Gasteiger partial charge >= 0.3 is 0 Å². The fourth-order valence-electron chi connectivity index (χ4n) is 2.67. The predicted molar refractivity (Wildman–Crippen MR) is 146 cm³/mol. The molecule has 0 N–H and O–H groups in total. The quantitative estimate of drug-likeness (QED) is 0.148. The first-order valence-corrected chi connectivity index (χ1v) is 12.4.